The molecule has 4 heterocycles. The van der Waals surface area contributed by atoms with E-state index in [4.69, 9.17) is 9.72 Å². The van der Waals surface area contributed by atoms with E-state index >= 15 is 0 Å². The lowest BCUT2D eigenvalue weighted by atomic mass is 9.89. The number of pyridine rings is 1. The zero-order chi connectivity index (χ0) is 32.6. The summed E-state index contributed by atoms with van der Waals surface area (Å²) in [6.45, 7) is 1.57. The minimum absolute atomic E-state index is 0.128. The number of aromatic nitrogens is 5. The Balaban J connectivity index is 1.05. The van der Waals surface area contributed by atoms with Crippen molar-refractivity contribution in [2.75, 3.05) is 13.1 Å². The first-order valence-electron chi connectivity index (χ1n) is 16.2. The van der Waals surface area contributed by atoms with E-state index < -0.39 is 0 Å². The van der Waals surface area contributed by atoms with E-state index in [1.54, 1.807) is 27.3 Å². The van der Waals surface area contributed by atoms with Gasteiger partial charge in [-0.25, -0.2) is 14.3 Å². The highest BCUT2D eigenvalue weighted by molar-refractivity contribution is 6.04. The van der Waals surface area contributed by atoms with Crippen molar-refractivity contribution in [2.45, 2.75) is 25.4 Å². The molecule has 9 nitrogen and oxygen atoms in total. The number of benzene rings is 4. The summed E-state index contributed by atoms with van der Waals surface area (Å²) >= 11 is 0. The number of aryl methyl sites for hydroxylation is 1. The van der Waals surface area contributed by atoms with Gasteiger partial charge in [0.15, 0.2) is 0 Å². The van der Waals surface area contributed by atoms with Crippen molar-refractivity contribution < 1.29 is 9.53 Å². The number of hydrogen-bond acceptors (Lipinski definition) is 5. The first-order valence-corrected chi connectivity index (χ1v) is 16.2. The number of nitrogens with zero attached hydrogens (tertiary/aromatic N) is 6. The molecule has 1 saturated heterocycles. The number of carbonyl (C=O) groups is 1. The second-order valence-electron chi connectivity index (χ2n) is 12.3. The Bertz CT molecular complexity index is 2300. The van der Waals surface area contributed by atoms with E-state index in [0.29, 0.717) is 19.0 Å². The van der Waals surface area contributed by atoms with Crippen molar-refractivity contribution >= 4 is 28.0 Å². The lowest BCUT2D eigenvalue weighted by molar-refractivity contribution is 0.0870. The van der Waals surface area contributed by atoms with Crippen LogP contribution in [0.3, 0.4) is 0 Å². The summed E-state index contributed by atoms with van der Waals surface area (Å²) in [5.74, 6) is 0.325. The average molecular weight is 635 g/mol. The maximum Gasteiger partial charge on any atom is 0.410 e. The first-order chi connectivity index (χ1) is 23.5. The molecule has 1 fully saturated rings. The number of amides is 1. The summed E-state index contributed by atoms with van der Waals surface area (Å²) in [6, 6.07) is 34.2. The van der Waals surface area contributed by atoms with Gasteiger partial charge in [0, 0.05) is 37.3 Å². The van der Waals surface area contributed by atoms with E-state index in [1.807, 2.05) is 102 Å². The van der Waals surface area contributed by atoms with Gasteiger partial charge in [0.05, 0.1) is 40.3 Å². The molecule has 0 aliphatic carbocycles. The van der Waals surface area contributed by atoms with Gasteiger partial charge in [-0.05, 0) is 71.8 Å². The van der Waals surface area contributed by atoms with Crippen LogP contribution in [0, 0.1) is 0 Å². The maximum atomic E-state index is 13.7. The van der Waals surface area contributed by atoms with Crippen LogP contribution in [0.4, 0.5) is 4.79 Å². The summed E-state index contributed by atoms with van der Waals surface area (Å²) in [5.41, 5.74) is 8.20. The minimum Gasteiger partial charge on any atom is -0.445 e. The zero-order valence-electron chi connectivity index (χ0n) is 26.6. The monoisotopic (exact) mass is 634 g/mol. The van der Waals surface area contributed by atoms with Crippen molar-refractivity contribution in [1.29, 1.82) is 0 Å². The maximum absolute atomic E-state index is 13.7. The molecule has 8 rings (SSSR count). The average Bonchev–Trinajstić information content (AvgIpc) is 3.74. The molecule has 0 bridgehead atoms. The van der Waals surface area contributed by atoms with Crippen LogP contribution in [0.5, 0.6) is 0 Å². The predicted octanol–water partition coefficient (Wildman–Crippen LogP) is 7.25. The zero-order valence-corrected chi connectivity index (χ0v) is 26.6. The van der Waals surface area contributed by atoms with Gasteiger partial charge in [0.2, 0.25) is 0 Å². The molecular formula is C39H34N6O3. The number of para-hydroxylation sites is 1. The molecule has 4 aromatic carbocycles. The summed E-state index contributed by atoms with van der Waals surface area (Å²) in [6.07, 6.45) is 7.09. The van der Waals surface area contributed by atoms with E-state index in [9.17, 15) is 9.59 Å². The standard InChI is InChI=1S/C39H34N6O3/c1-42-36-24-40-35-17-14-30(31-23-41-44(25-31)32-10-6-3-7-11-32)22-34(35)37(36)45(38(42)46)33-15-12-28(13-16-33)29-18-20-43(21-19-29)39(47)48-26-27-8-4-2-5-9-27/h2-17,22-25,29H,18-21,26H2,1H3. The molecule has 0 unspecified atom stereocenters. The van der Waals surface area contributed by atoms with Crippen LogP contribution in [-0.4, -0.2) is 48.0 Å². The lowest BCUT2D eigenvalue weighted by Gasteiger charge is -2.31. The smallest absolute Gasteiger partial charge is 0.410 e. The highest BCUT2D eigenvalue weighted by Crippen LogP contribution is 2.32. The van der Waals surface area contributed by atoms with Gasteiger partial charge in [0.1, 0.15) is 6.61 Å². The third-order valence-corrected chi connectivity index (χ3v) is 9.40. The van der Waals surface area contributed by atoms with Gasteiger partial charge in [-0.3, -0.25) is 14.1 Å². The van der Waals surface area contributed by atoms with Gasteiger partial charge >= 0.3 is 11.8 Å². The molecule has 3 aromatic heterocycles. The first kappa shape index (κ1) is 29.4. The van der Waals surface area contributed by atoms with Crippen LogP contribution < -0.4 is 5.69 Å². The van der Waals surface area contributed by atoms with Crippen molar-refractivity contribution in [2.24, 2.45) is 7.05 Å². The summed E-state index contributed by atoms with van der Waals surface area (Å²) in [7, 11) is 1.79. The topological polar surface area (TPSA) is 87.2 Å². The molecule has 0 spiro atoms. The molecule has 9 heteroatoms. The molecule has 0 atom stereocenters. The Hall–Kier alpha value is -5.96. The number of likely N-dealkylation sites (tertiary alicyclic amines) is 1. The second kappa shape index (κ2) is 12.3. The number of carbonyl (C=O) groups excluding carboxylic acids is 1. The lowest BCUT2D eigenvalue weighted by Crippen LogP contribution is -2.38. The highest BCUT2D eigenvalue weighted by Gasteiger charge is 2.25. The Morgan fingerprint density at radius 1 is 0.833 bits per heavy atom. The summed E-state index contributed by atoms with van der Waals surface area (Å²) < 4.78 is 10.8. The van der Waals surface area contributed by atoms with Gasteiger partial charge < -0.3 is 9.64 Å². The summed E-state index contributed by atoms with van der Waals surface area (Å²) in [5, 5.41) is 5.48. The van der Waals surface area contributed by atoms with E-state index in [2.05, 4.69) is 23.3 Å². The van der Waals surface area contributed by atoms with Crippen LogP contribution in [-0.2, 0) is 18.4 Å². The van der Waals surface area contributed by atoms with Gasteiger partial charge in [-0.15, -0.1) is 0 Å². The SMILES string of the molecule is Cn1c(=O)n(-c2ccc(C3CCN(C(=O)OCc4ccccc4)CC3)cc2)c2c3cc(-c4cnn(-c5ccccc5)c4)ccc3ncc21. The fourth-order valence-corrected chi connectivity index (χ4v) is 6.71. The van der Waals surface area contributed by atoms with Crippen LogP contribution in [0.25, 0.3) is 44.4 Å². The number of piperidine rings is 1. The fraction of sp³-hybridized carbons (Fsp3) is 0.179. The molecule has 0 saturated carbocycles. The van der Waals surface area contributed by atoms with Crippen molar-refractivity contribution in [3.8, 4) is 22.5 Å². The molecule has 0 N–H and O–H groups in total. The van der Waals surface area contributed by atoms with Crippen molar-refractivity contribution in [3.63, 3.8) is 0 Å². The molecule has 0 radical (unpaired) electrons. The molecule has 1 aliphatic heterocycles. The molecule has 1 aliphatic rings. The van der Waals surface area contributed by atoms with Crippen LogP contribution >= 0.6 is 0 Å². The van der Waals surface area contributed by atoms with Crippen molar-refractivity contribution in [3.05, 3.63) is 143 Å². The van der Waals surface area contributed by atoms with Gasteiger partial charge in [-0.1, -0.05) is 66.7 Å². The Kier molecular flexibility index (Phi) is 7.57. The normalized spacial score (nSPS) is 13.7. The Labute approximate surface area is 277 Å². The molecular weight excluding hydrogens is 600 g/mol. The van der Waals surface area contributed by atoms with E-state index in [1.165, 1.54) is 5.56 Å². The Morgan fingerprint density at radius 3 is 2.31 bits per heavy atom. The summed E-state index contributed by atoms with van der Waals surface area (Å²) in [4.78, 5) is 32.9. The van der Waals surface area contributed by atoms with Crippen LogP contribution in [0.1, 0.15) is 29.9 Å². The predicted molar refractivity (Wildman–Crippen MR) is 187 cm³/mol. The fourth-order valence-electron chi connectivity index (χ4n) is 6.71. The molecule has 1 amide bonds. The Morgan fingerprint density at radius 2 is 1.56 bits per heavy atom. The van der Waals surface area contributed by atoms with Crippen molar-refractivity contribution in [1.82, 2.24) is 28.8 Å². The largest absolute Gasteiger partial charge is 0.445 e. The minimum atomic E-state index is -0.266. The number of rotatable bonds is 6. The van der Waals surface area contributed by atoms with Gasteiger partial charge in [-0.2, -0.15) is 5.10 Å². The quantitative estimate of drug-likeness (QED) is 0.192. The molecule has 7 aromatic rings. The van der Waals surface area contributed by atoms with Gasteiger partial charge in [0.25, 0.3) is 0 Å². The number of imidazole rings is 1. The van der Waals surface area contributed by atoms with E-state index in [0.717, 1.165) is 62.8 Å². The molecule has 48 heavy (non-hydrogen) atoms. The van der Waals surface area contributed by atoms with Crippen LogP contribution in [0.15, 0.2) is 127 Å². The number of ether oxygens (including phenoxy) is 1. The van der Waals surface area contributed by atoms with Crippen LogP contribution in [0.2, 0.25) is 0 Å². The number of hydrogen-bond donors (Lipinski definition) is 0. The number of fused-ring (bicyclic) bond motifs is 3. The third-order valence-electron chi connectivity index (χ3n) is 9.40. The molecule has 238 valence electrons. The van der Waals surface area contributed by atoms with E-state index in [-0.39, 0.29) is 18.4 Å². The third kappa shape index (κ3) is 5.43. The highest BCUT2D eigenvalue weighted by atomic mass is 16.6. The second-order valence-corrected chi connectivity index (χ2v) is 12.3.